The maximum Gasteiger partial charge on any atom is 0.257 e. The van der Waals surface area contributed by atoms with Gasteiger partial charge in [0.15, 0.2) is 15.0 Å². The van der Waals surface area contributed by atoms with Crippen molar-refractivity contribution in [2.24, 2.45) is 0 Å². The van der Waals surface area contributed by atoms with E-state index < -0.39 is 9.84 Å². The Bertz CT molecular complexity index is 1420. The highest BCUT2D eigenvalue weighted by Crippen LogP contribution is 2.41. The van der Waals surface area contributed by atoms with Crippen LogP contribution in [0.1, 0.15) is 10.4 Å². The number of carbonyl (C=O) groups is 1. The van der Waals surface area contributed by atoms with E-state index in [1.54, 1.807) is 48.5 Å². The Kier molecular flexibility index (Phi) is 6.23. The number of thiazole rings is 1. The molecule has 0 fully saturated rings. The lowest BCUT2D eigenvalue weighted by atomic mass is 10.1. The van der Waals surface area contributed by atoms with Crippen molar-refractivity contribution in [3.05, 3.63) is 88.6 Å². The monoisotopic (exact) mass is 530 g/mol. The van der Waals surface area contributed by atoms with Crippen LogP contribution >= 0.6 is 27.3 Å². The highest BCUT2D eigenvalue weighted by Gasteiger charge is 2.22. The van der Waals surface area contributed by atoms with Crippen LogP contribution < -0.4 is 5.32 Å². The Balaban J connectivity index is 1.84. The standard InChI is InChI=1S/C23H16BrFN2O3S2/c1-32(29,30)19-8-3-2-7-18(19)20-21(14-9-11-17(25)12-10-14)31-23(26-20)27-22(28)15-5-4-6-16(24)13-15/h2-13H,1H3,(H,26,27,28). The number of anilines is 1. The van der Waals surface area contributed by atoms with Crippen molar-refractivity contribution in [1.29, 1.82) is 0 Å². The van der Waals surface area contributed by atoms with Crippen LogP contribution in [0.5, 0.6) is 0 Å². The molecule has 0 spiro atoms. The normalized spacial score (nSPS) is 11.3. The molecule has 0 atom stereocenters. The van der Waals surface area contributed by atoms with E-state index >= 15 is 0 Å². The summed E-state index contributed by atoms with van der Waals surface area (Å²) >= 11 is 4.53. The van der Waals surface area contributed by atoms with Crippen molar-refractivity contribution in [3.8, 4) is 21.7 Å². The maximum absolute atomic E-state index is 13.5. The molecule has 1 amide bonds. The van der Waals surface area contributed by atoms with E-state index in [1.165, 1.54) is 29.5 Å². The lowest BCUT2D eigenvalue weighted by molar-refractivity contribution is 0.102. The summed E-state index contributed by atoms with van der Waals surface area (Å²) in [7, 11) is -3.54. The quantitative estimate of drug-likeness (QED) is 0.341. The number of amides is 1. The molecule has 0 radical (unpaired) electrons. The van der Waals surface area contributed by atoms with Crippen LogP contribution in [-0.4, -0.2) is 25.6 Å². The molecule has 1 N–H and O–H groups in total. The van der Waals surface area contributed by atoms with E-state index in [0.29, 0.717) is 32.4 Å². The first-order chi connectivity index (χ1) is 15.2. The zero-order valence-electron chi connectivity index (χ0n) is 16.7. The molecule has 1 heterocycles. The van der Waals surface area contributed by atoms with Crippen LogP contribution in [0, 0.1) is 5.82 Å². The van der Waals surface area contributed by atoms with E-state index in [2.05, 4.69) is 26.2 Å². The largest absolute Gasteiger partial charge is 0.298 e. The first-order valence-corrected chi connectivity index (χ1v) is 12.9. The van der Waals surface area contributed by atoms with Gasteiger partial charge in [0.05, 0.1) is 15.5 Å². The number of rotatable bonds is 5. The molecule has 0 unspecified atom stereocenters. The summed E-state index contributed by atoms with van der Waals surface area (Å²) in [5.41, 5.74) is 1.90. The SMILES string of the molecule is CS(=O)(=O)c1ccccc1-c1nc(NC(=O)c2cccc(Br)c2)sc1-c1ccc(F)cc1. The number of nitrogens with zero attached hydrogens (tertiary/aromatic N) is 1. The predicted molar refractivity (Wildman–Crippen MR) is 128 cm³/mol. The molecule has 0 aliphatic carbocycles. The third-order valence-corrected chi connectivity index (χ3v) is 7.25. The van der Waals surface area contributed by atoms with Crippen molar-refractivity contribution < 1.29 is 17.6 Å². The van der Waals surface area contributed by atoms with Crippen LogP contribution in [0.4, 0.5) is 9.52 Å². The van der Waals surface area contributed by atoms with E-state index in [0.717, 1.165) is 10.7 Å². The predicted octanol–water partition coefficient (Wildman–Crippen LogP) is 6.03. The molecule has 0 saturated carbocycles. The second kappa shape index (κ2) is 8.93. The van der Waals surface area contributed by atoms with Gasteiger partial charge in [-0.25, -0.2) is 17.8 Å². The molecule has 5 nitrogen and oxygen atoms in total. The van der Waals surface area contributed by atoms with Gasteiger partial charge in [0, 0.05) is 21.9 Å². The summed E-state index contributed by atoms with van der Waals surface area (Å²) in [6, 6.07) is 19.3. The summed E-state index contributed by atoms with van der Waals surface area (Å²) in [5, 5.41) is 3.08. The van der Waals surface area contributed by atoms with E-state index in [4.69, 9.17) is 0 Å². The van der Waals surface area contributed by atoms with Gasteiger partial charge in [-0.1, -0.05) is 63.7 Å². The Hall–Kier alpha value is -2.88. The molecule has 3 aromatic carbocycles. The molecule has 9 heteroatoms. The van der Waals surface area contributed by atoms with Crippen molar-refractivity contribution in [2.75, 3.05) is 11.6 Å². The molecular weight excluding hydrogens is 515 g/mol. The average molecular weight is 531 g/mol. The molecule has 0 aliphatic heterocycles. The van der Waals surface area contributed by atoms with Gasteiger partial charge in [-0.15, -0.1) is 0 Å². The minimum atomic E-state index is -3.54. The zero-order chi connectivity index (χ0) is 22.9. The van der Waals surface area contributed by atoms with Gasteiger partial charge < -0.3 is 0 Å². The van der Waals surface area contributed by atoms with Crippen molar-refractivity contribution >= 4 is 48.1 Å². The van der Waals surface area contributed by atoms with E-state index in [-0.39, 0.29) is 16.6 Å². The van der Waals surface area contributed by atoms with Gasteiger partial charge in [-0.05, 0) is 42.0 Å². The summed E-state index contributed by atoms with van der Waals surface area (Å²) in [6.07, 6.45) is 1.13. The van der Waals surface area contributed by atoms with Crippen molar-refractivity contribution in [2.45, 2.75) is 4.90 Å². The number of aromatic nitrogens is 1. The molecule has 162 valence electrons. The topological polar surface area (TPSA) is 76.1 Å². The summed E-state index contributed by atoms with van der Waals surface area (Å²) in [5.74, 6) is -0.742. The van der Waals surface area contributed by atoms with Gasteiger partial charge >= 0.3 is 0 Å². The number of halogens is 2. The van der Waals surface area contributed by atoms with Crippen molar-refractivity contribution in [3.63, 3.8) is 0 Å². The molecule has 0 aliphatic rings. The third-order valence-electron chi connectivity index (χ3n) is 4.58. The first-order valence-electron chi connectivity index (χ1n) is 9.35. The molecule has 0 saturated heterocycles. The first kappa shape index (κ1) is 22.3. The minimum absolute atomic E-state index is 0.124. The minimum Gasteiger partial charge on any atom is -0.298 e. The Morgan fingerprint density at radius 3 is 2.44 bits per heavy atom. The average Bonchev–Trinajstić information content (AvgIpc) is 3.17. The fraction of sp³-hybridized carbons (Fsp3) is 0.0435. The summed E-state index contributed by atoms with van der Waals surface area (Å²) < 4.78 is 39.0. The van der Waals surface area contributed by atoms with Gasteiger partial charge in [0.1, 0.15) is 5.82 Å². The highest BCUT2D eigenvalue weighted by molar-refractivity contribution is 9.10. The van der Waals surface area contributed by atoms with Gasteiger partial charge in [-0.3, -0.25) is 10.1 Å². The summed E-state index contributed by atoms with van der Waals surface area (Å²) in [4.78, 5) is 18.0. The lowest BCUT2D eigenvalue weighted by Gasteiger charge is -2.08. The fourth-order valence-electron chi connectivity index (χ4n) is 3.14. The van der Waals surface area contributed by atoms with Crippen LogP contribution in [-0.2, 0) is 9.84 Å². The van der Waals surface area contributed by atoms with Crippen molar-refractivity contribution in [1.82, 2.24) is 4.98 Å². The maximum atomic E-state index is 13.5. The Morgan fingerprint density at radius 2 is 1.75 bits per heavy atom. The van der Waals surface area contributed by atoms with E-state index in [9.17, 15) is 17.6 Å². The van der Waals surface area contributed by atoms with Crippen LogP contribution in [0.2, 0.25) is 0 Å². The second-order valence-electron chi connectivity index (χ2n) is 6.94. The number of sulfone groups is 1. The van der Waals surface area contributed by atoms with E-state index in [1.807, 2.05) is 6.07 Å². The molecule has 0 bridgehead atoms. The lowest BCUT2D eigenvalue weighted by Crippen LogP contribution is -2.11. The van der Waals surface area contributed by atoms with Gasteiger partial charge in [-0.2, -0.15) is 0 Å². The van der Waals surface area contributed by atoms with Crippen LogP contribution in [0.15, 0.2) is 82.2 Å². The van der Waals surface area contributed by atoms with Crippen LogP contribution in [0.25, 0.3) is 21.7 Å². The number of carbonyl (C=O) groups excluding carboxylic acids is 1. The molecule has 1 aromatic heterocycles. The second-order valence-corrected chi connectivity index (χ2v) is 10.8. The Morgan fingerprint density at radius 1 is 1.03 bits per heavy atom. The molecular formula is C23H16BrFN2O3S2. The number of hydrogen-bond acceptors (Lipinski definition) is 5. The van der Waals surface area contributed by atoms with Gasteiger partial charge in [0.25, 0.3) is 5.91 Å². The molecule has 32 heavy (non-hydrogen) atoms. The highest BCUT2D eigenvalue weighted by atomic mass is 79.9. The van der Waals surface area contributed by atoms with Crippen LogP contribution in [0.3, 0.4) is 0 Å². The third kappa shape index (κ3) is 4.79. The number of hydrogen-bond donors (Lipinski definition) is 1. The van der Waals surface area contributed by atoms with Gasteiger partial charge in [0.2, 0.25) is 0 Å². The molecule has 4 rings (SSSR count). The number of nitrogens with one attached hydrogen (secondary N) is 1. The zero-order valence-corrected chi connectivity index (χ0v) is 19.9. The Labute approximate surface area is 197 Å². The molecule has 4 aromatic rings. The smallest absolute Gasteiger partial charge is 0.257 e. The fourth-order valence-corrected chi connectivity index (χ4v) is 5.41. The summed E-state index contributed by atoms with van der Waals surface area (Å²) in [6.45, 7) is 0. The number of benzene rings is 3.